The molecule has 0 aliphatic heterocycles. The molecule has 0 bridgehead atoms. The average Bonchev–Trinajstić information content (AvgIpc) is 2.63. The first-order valence-corrected chi connectivity index (χ1v) is 6.72. The van der Waals surface area contributed by atoms with Crippen LogP contribution >= 0.6 is 39.9 Å². The second-order valence-electron chi connectivity index (χ2n) is 2.67. The summed E-state index contributed by atoms with van der Waals surface area (Å²) in [6.07, 6.45) is 0. The van der Waals surface area contributed by atoms with Gasteiger partial charge in [0.05, 0.1) is 5.75 Å². The van der Waals surface area contributed by atoms with E-state index in [9.17, 15) is 0 Å². The van der Waals surface area contributed by atoms with Gasteiger partial charge in [-0.2, -0.15) is 11.8 Å². The number of hydrogen-bond donors (Lipinski definition) is 2. The van der Waals surface area contributed by atoms with Crippen molar-refractivity contribution < 1.29 is 4.52 Å². The smallest absolute Gasteiger partial charge is 0.166 e. The fourth-order valence-corrected chi connectivity index (χ4v) is 2.01. The molecular weight excluding hydrogens is 298 g/mol. The molecule has 0 unspecified atom stereocenters. The van der Waals surface area contributed by atoms with Gasteiger partial charge in [0.25, 0.3) is 0 Å². The summed E-state index contributed by atoms with van der Waals surface area (Å²) in [5, 5.41) is 10.3. The Labute approximate surface area is 107 Å². The highest BCUT2D eigenvalue weighted by Crippen LogP contribution is 2.15. The summed E-state index contributed by atoms with van der Waals surface area (Å²) < 4.78 is 5.78. The second kappa shape index (κ2) is 7.08. The summed E-state index contributed by atoms with van der Waals surface area (Å²) in [5.41, 5.74) is 0. The number of thioether (sulfide) groups is 1. The van der Waals surface area contributed by atoms with Crippen LogP contribution < -0.4 is 10.6 Å². The number of hydrogen-bond acceptors (Lipinski definition) is 4. The largest absolute Gasteiger partial charge is 0.366 e. The first-order valence-electron chi connectivity index (χ1n) is 4.37. The van der Waals surface area contributed by atoms with E-state index in [2.05, 4.69) is 31.7 Å². The summed E-state index contributed by atoms with van der Waals surface area (Å²) >= 11 is 9.93. The number of nitrogens with zero attached hydrogens (tertiary/aromatic N) is 1. The maximum Gasteiger partial charge on any atom is 0.166 e. The molecule has 0 spiro atoms. The van der Waals surface area contributed by atoms with Crippen molar-refractivity contribution in [1.82, 2.24) is 15.8 Å². The minimum Gasteiger partial charge on any atom is -0.366 e. The van der Waals surface area contributed by atoms with Crippen molar-refractivity contribution >= 4 is 45.0 Å². The third-order valence-corrected chi connectivity index (χ3v) is 3.24. The fourth-order valence-electron chi connectivity index (χ4n) is 0.854. The normalized spacial score (nSPS) is 10.0. The van der Waals surface area contributed by atoms with Gasteiger partial charge in [-0.15, -0.1) is 0 Å². The van der Waals surface area contributed by atoms with Crippen LogP contribution in [0.1, 0.15) is 5.76 Å². The molecule has 1 heterocycles. The van der Waals surface area contributed by atoms with Crippen LogP contribution in [0.4, 0.5) is 0 Å². The van der Waals surface area contributed by atoms with E-state index in [-0.39, 0.29) is 0 Å². The van der Waals surface area contributed by atoms with Crippen molar-refractivity contribution in [1.29, 1.82) is 0 Å². The zero-order valence-corrected chi connectivity index (χ0v) is 11.5. The number of nitrogens with one attached hydrogen (secondary N) is 2. The maximum atomic E-state index is 5.04. The van der Waals surface area contributed by atoms with Crippen molar-refractivity contribution in [3.05, 3.63) is 16.4 Å². The molecule has 0 fully saturated rings. The number of halogens is 1. The predicted octanol–water partition coefficient (Wildman–Crippen LogP) is 1.76. The van der Waals surface area contributed by atoms with Crippen LogP contribution in [0.2, 0.25) is 0 Å². The Balaban J connectivity index is 2.05. The lowest BCUT2D eigenvalue weighted by Crippen LogP contribution is -2.33. The van der Waals surface area contributed by atoms with Crippen molar-refractivity contribution in [3.63, 3.8) is 0 Å². The molecule has 0 amide bonds. The number of aromatic nitrogens is 1. The summed E-state index contributed by atoms with van der Waals surface area (Å²) in [6, 6.07) is 1.87. The maximum absolute atomic E-state index is 5.04. The second-order valence-corrected chi connectivity index (χ2v) is 5.00. The Morgan fingerprint density at radius 1 is 1.73 bits per heavy atom. The van der Waals surface area contributed by atoms with Gasteiger partial charge in [0.15, 0.2) is 5.11 Å². The Hall–Kier alpha value is -0.270. The molecule has 0 aliphatic rings. The number of thiocarbonyl (C=S) groups is 1. The highest BCUT2D eigenvalue weighted by atomic mass is 79.9. The van der Waals surface area contributed by atoms with Gasteiger partial charge in [-0.3, -0.25) is 0 Å². The lowest BCUT2D eigenvalue weighted by molar-refractivity contribution is 0.391. The third kappa shape index (κ3) is 5.39. The van der Waals surface area contributed by atoms with Gasteiger partial charge >= 0.3 is 0 Å². The molecule has 0 saturated heterocycles. The molecule has 7 heteroatoms. The molecule has 1 aromatic rings. The average molecular weight is 310 g/mol. The van der Waals surface area contributed by atoms with Crippen molar-refractivity contribution in [2.24, 2.45) is 0 Å². The van der Waals surface area contributed by atoms with E-state index in [4.69, 9.17) is 16.7 Å². The first kappa shape index (κ1) is 12.8. The SMILES string of the molecule is CNC(=S)NCCSCc1cc(Br)no1. The Morgan fingerprint density at radius 3 is 3.13 bits per heavy atom. The van der Waals surface area contributed by atoms with E-state index in [1.165, 1.54) is 0 Å². The Morgan fingerprint density at radius 2 is 2.53 bits per heavy atom. The van der Waals surface area contributed by atoms with Gasteiger partial charge in [0.2, 0.25) is 0 Å². The molecule has 0 aromatic carbocycles. The molecule has 4 nitrogen and oxygen atoms in total. The van der Waals surface area contributed by atoms with E-state index in [1.807, 2.05) is 6.07 Å². The van der Waals surface area contributed by atoms with Crippen LogP contribution in [0.25, 0.3) is 0 Å². The van der Waals surface area contributed by atoms with Crippen molar-refractivity contribution in [2.45, 2.75) is 5.75 Å². The van der Waals surface area contributed by atoms with Gasteiger partial charge in [-0.25, -0.2) is 0 Å². The summed E-state index contributed by atoms with van der Waals surface area (Å²) in [6.45, 7) is 0.847. The predicted molar refractivity (Wildman–Crippen MR) is 70.0 cm³/mol. The van der Waals surface area contributed by atoms with E-state index in [0.29, 0.717) is 5.11 Å². The van der Waals surface area contributed by atoms with Gasteiger partial charge in [0.1, 0.15) is 10.4 Å². The lowest BCUT2D eigenvalue weighted by atomic mass is 10.5. The monoisotopic (exact) mass is 309 g/mol. The fraction of sp³-hybridized carbons (Fsp3) is 0.500. The van der Waals surface area contributed by atoms with Gasteiger partial charge in [-0.05, 0) is 28.1 Å². The topological polar surface area (TPSA) is 50.1 Å². The Kier molecular flexibility index (Phi) is 6.04. The standard InChI is InChI=1S/C8H12BrN3OS2/c1-10-8(14)11-2-3-15-5-6-4-7(9)12-13-6/h4H,2-3,5H2,1H3,(H2,10,11,14). The van der Waals surface area contributed by atoms with E-state index >= 15 is 0 Å². The Bertz CT molecular complexity index is 319. The molecule has 84 valence electrons. The third-order valence-electron chi connectivity index (χ3n) is 1.53. The zero-order chi connectivity index (χ0) is 11.1. The van der Waals surface area contributed by atoms with E-state index < -0.39 is 0 Å². The van der Waals surface area contributed by atoms with Crippen molar-refractivity contribution in [2.75, 3.05) is 19.3 Å². The first-order chi connectivity index (χ1) is 7.22. The van der Waals surface area contributed by atoms with Crippen LogP contribution in [-0.2, 0) is 5.75 Å². The lowest BCUT2D eigenvalue weighted by Gasteiger charge is -2.05. The summed E-state index contributed by atoms with van der Waals surface area (Å²) in [4.78, 5) is 0. The van der Waals surface area contributed by atoms with Gasteiger partial charge in [0, 0.05) is 25.4 Å². The minimum atomic E-state index is 0.679. The molecule has 0 aliphatic carbocycles. The zero-order valence-electron chi connectivity index (χ0n) is 8.25. The van der Waals surface area contributed by atoms with E-state index in [1.54, 1.807) is 18.8 Å². The summed E-state index contributed by atoms with van der Waals surface area (Å²) in [5.74, 6) is 2.68. The highest BCUT2D eigenvalue weighted by Gasteiger charge is 2.01. The van der Waals surface area contributed by atoms with Gasteiger partial charge in [-0.1, -0.05) is 5.16 Å². The van der Waals surface area contributed by atoms with Crippen LogP contribution in [0, 0.1) is 0 Å². The summed E-state index contributed by atoms with van der Waals surface area (Å²) in [7, 11) is 1.80. The highest BCUT2D eigenvalue weighted by molar-refractivity contribution is 9.10. The minimum absolute atomic E-state index is 0.679. The molecule has 1 aromatic heterocycles. The molecular formula is C8H12BrN3OS2. The van der Waals surface area contributed by atoms with Gasteiger partial charge < -0.3 is 15.2 Å². The van der Waals surface area contributed by atoms with Crippen LogP contribution in [0.5, 0.6) is 0 Å². The molecule has 2 N–H and O–H groups in total. The molecule has 0 atom stereocenters. The molecule has 0 radical (unpaired) electrons. The van der Waals surface area contributed by atoms with Crippen molar-refractivity contribution in [3.8, 4) is 0 Å². The molecule has 0 saturated carbocycles. The van der Waals surface area contributed by atoms with Crippen LogP contribution in [0.15, 0.2) is 15.2 Å². The van der Waals surface area contributed by atoms with Crippen LogP contribution in [0.3, 0.4) is 0 Å². The molecule has 15 heavy (non-hydrogen) atoms. The van der Waals surface area contributed by atoms with E-state index in [0.717, 1.165) is 28.4 Å². The molecule has 1 rings (SSSR count). The van der Waals surface area contributed by atoms with Crippen LogP contribution in [-0.4, -0.2) is 29.6 Å². The quantitative estimate of drug-likeness (QED) is 0.638. The number of rotatable bonds is 5.